The third-order valence-electron chi connectivity index (χ3n) is 1.63. The first kappa shape index (κ1) is 12.7. The second-order valence-corrected chi connectivity index (χ2v) is 2.79. The molecule has 1 aromatic rings. The Morgan fingerprint density at radius 2 is 2.06 bits per heavy atom. The van der Waals surface area contributed by atoms with E-state index in [4.69, 9.17) is 5.73 Å². The molecule has 1 rings (SSSR count). The SMILES string of the molecule is NC(=O)c1ccc(OC(F)(F)F)cc1N=C=O. The number of hydrogen-bond donors (Lipinski definition) is 1. The van der Waals surface area contributed by atoms with E-state index in [-0.39, 0.29) is 11.3 Å². The number of aliphatic imine (C=N–C) groups is 1. The molecule has 1 amide bonds. The van der Waals surface area contributed by atoms with E-state index in [9.17, 15) is 22.8 Å². The van der Waals surface area contributed by atoms with E-state index < -0.39 is 18.0 Å². The summed E-state index contributed by atoms with van der Waals surface area (Å²) in [4.78, 5) is 24.0. The van der Waals surface area contributed by atoms with Crippen LogP contribution in [-0.2, 0) is 4.79 Å². The van der Waals surface area contributed by atoms with Crippen molar-refractivity contribution in [1.29, 1.82) is 0 Å². The summed E-state index contributed by atoms with van der Waals surface area (Å²) in [6.07, 6.45) is -3.78. The number of nitrogens with zero attached hydrogens (tertiary/aromatic N) is 1. The van der Waals surface area contributed by atoms with Crippen LogP contribution in [0.5, 0.6) is 5.75 Å². The van der Waals surface area contributed by atoms with Crippen molar-refractivity contribution in [2.75, 3.05) is 0 Å². The molecule has 0 spiro atoms. The van der Waals surface area contributed by atoms with Crippen LogP contribution < -0.4 is 10.5 Å². The Hall–Kier alpha value is -2.34. The Balaban J connectivity index is 3.18. The van der Waals surface area contributed by atoms with Crippen LogP contribution in [0.3, 0.4) is 0 Å². The molecule has 0 fully saturated rings. The Morgan fingerprint density at radius 1 is 1.41 bits per heavy atom. The maximum atomic E-state index is 11.9. The molecule has 0 unspecified atom stereocenters. The number of isocyanates is 1. The Labute approximate surface area is 92.7 Å². The van der Waals surface area contributed by atoms with Crippen LogP contribution in [-0.4, -0.2) is 18.3 Å². The molecular weight excluding hydrogens is 241 g/mol. The first-order valence-corrected chi connectivity index (χ1v) is 4.11. The second-order valence-electron chi connectivity index (χ2n) is 2.79. The lowest BCUT2D eigenvalue weighted by atomic mass is 10.1. The predicted molar refractivity (Wildman–Crippen MR) is 49.4 cm³/mol. The molecule has 8 heteroatoms. The van der Waals surface area contributed by atoms with E-state index in [1.165, 1.54) is 0 Å². The van der Waals surface area contributed by atoms with Crippen molar-refractivity contribution in [3.05, 3.63) is 23.8 Å². The zero-order chi connectivity index (χ0) is 13.1. The Morgan fingerprint density at radius 3 is 2.53 bits per heavy atom. The molecule has 0 saturated heterocycles. The number of carbonyl (C=O) groups excluding carboxylic acids is 2. The maximum absolute atomic E-state index is 11.9. The van der Waals surface area contributed by atoms with Crippen molar-refractivity contribution in [2.24, 2.45) is 10.7 Å². The van der Waals surface area contributed by atoms with Crippen molar-refractivity contribution in [2.45, 2.75) is 6.36 Å². The molecular formula is C9H5F3N2O3. The molecule has 0 atom stereocenters. The maximum Gasteiger partial charge on any atom is 0.573 e. The number of alkyl halides is 3. The number of hydrogen-bond acceptors (Lipinski definition) is 4. The monoisotopic (exact) mass is 246 g/mol. The molecule has 1 aromatic carbocycles. The van der Waals surface area contributed by atoms with Gasteiger partial charge in [-0.05, 0) is 12.1 Å². The topological polar surface area (TPSA) is 81.8 Å². The fourth-order valence-corrected chi connectivity index (χ4v) is 1.06. The van der Waals surface area contributed by atoms with E-state index >= 15 is 0 Å². The third kappa shape index (κ3) is 3.62. The lowest BCUT2D eigenvalue weighted by Crippen LogP contribution is -2.17. The number of benzene rings is 1. The molecule has 17 heavy (non-hydrogen) atoms. The summed E-state index contributed by atoms with van der Waals surface area (Å²) in [6, 6.07) is 2.62. The summed E-state index contributed by atoms with van der Waals surface area (Å²) in [7, 11) is 0. The van der Waals surface area contributed by atoms with Gasteiger partial charge in [-0.2, -0.15) is 4.99 Å². The predicted octanol–water partition coefficient (Wildman–Crippen LogP) is 1.65. The van der Waals surface area contributed by atoms with E-state index in [0.29, 0.717) is 0 Å². The van der Waals surface area contributed by atoms with Gasteiger partial charge in [-0.15, -0.1) is 13.2 Å². The zero-order valence-electron chi connectivity index (χ0n) is 8.12. The van der Waals surface area contributed by atoms with Crippen LogP contribution in [0.2, 0.25) is 0 Å². The van der Waals surface area contributed by atoms with Crippen molar-refractivity contribution in [3.8, 4) is 5.75 Å². The number of carbonyl (C=O) groups is 1. The quantitative estimate of drug-likeness (QED) is 0.650. The highest BCUT2D eigenvalue weighted by Gasteiger charge is 2.31. The Bertz CT molecular complexity index is 493. The summed E-state index contributed by atoms with van der Waals surface area (Å²) in [5.74, 6) is -1.55. The number of nitrogens with two attached hydrogens (primary N) is 1. The molecule has 0 saturated carbocycles. The van der Waals surface area contributed by atoms with Crippen molar-refractivity contribution in [1.82, 2.24) is 0 Å². The summed E-state index contributed by atoms with van der Waals surface area (Å²) in [6.45, 7) is 0. The lowest BCUT2D eigenvalue weighted by molar-refractivity contribution is -0.274. The Kier molecular flexibility index (Phi) is 3.49. The van der Waals surface area contributed by atoms with Gasteiger partial charge in [-0.25, -0.2) is 4.79 Å². The van der Waals surface area contributed by atoms with Crippen LogP contribution in [0.4, 0.5) is 18.9 Å². The minimum absolute atomic E-state index is 0.206. The van der Waals surface area contributed by atoms with Gasteiger partial charge >= 0.3 is 6.36 Å². The second kappa shape index (κ2) is 4.67. The van der Waals surface area contributed by atoms with Gasteiger partial charge in [0.05, 0.1) is 11.3 Å². The highest BCUT2D eigenvalue weighted by molar-refractivity contribution is 5.98. The summed E-state index contributed by atoms with van der Waals surface area (Å²) >= 11 is 0. The molecule has 0 aliphatic rings. The smallest absolute Gasteiger partial charge is 0.406 e. The van der Waals surface area contributed by atoms with Gasteiger partial charge in [0.15, 0.2) is 0 Å². The number of ether oxygens (including phenoxy) is 1. The summed E-state index contributed by atoms with van der Waals surface area (Å²) in [5.41, 5.74) is 4.39. The van der Waals surface area contributed by atoms with Crippen LogP contribution >= 0.6 is 0 Å². The summed E-state index contributed by atoms with van der Waals surface area (Å²) in [5, 5.41) is 0. The van der Waals surface area contributed by atoms with Gasteiger partial charge in [-0.3, -0.25) is 4.79 Å². The number of halogens is 3. The standard InChI is InChI=1S/C9H5F3N2O3/c10-9(11,12)17-5-1-2-6(8(13)16)7(3-5)14-4-15/h1-3H,(H2,13,16). The van der Waals surface area contributed by atoms with E-state index in [1.807, 2.05) is 0 Å². The number of primary amides is 1. The van der Waals surface area contributed by atoms with Gasteiger partial charge < -0.3 is 10.5 Å². The number of rotatable bonds is 3. The molecule has 90 valence electrons. The molecule has 0 aliphatic heterocycles. The largest absolute Gasteiger partial charge is 0.573 e. The fourth-order valence-electron chi connectivity index (χ4n) is 1.06. The minimum Gasteiger partial charge on any atom is -0.406 e. The first-order chi connectivity index (χ1) is 7.83. The van der Waals surface area contributed by atoms with E-state index in [1.54, 1.807) is 0 Å². The molecule has 5 nitrogen and oxygen atoms in total. The van der Waals surface area contributed by atoms with E-state index in [2.05, 4.69) is 9.73 Å². The molecule has 0 heterocycles. The zero-order valence-corrected chi connectivity index (χ0v) is 8.12. The van der Waals surface area contributed by atoms with Gasteiger partial charge in [0.1, 0.15) is 5.75 Å². The van der Waals surface area contributed by atoms with Gasteiger partial charge in [0.25, 0.3) is 5.91 Å². The minimum atomic E-state index is -4.88. The lowest BCUT2D eigenvalue weighted by Gasteiger charge is -2.09. The highest BCUT2D eigenvalue weighted by atomic mass is 19.4. The van der Waals surface area contributed by atoms with Gasteiger partial charge in [0, 0.05) is 6.07 Å². The molecule has 0 bridgehead atoms. The molecule has 2 N–H and O–H groups in total. The van der Waals surface area contributed by atoms with Gasteiger partial charge in [0.2, 0.25) is 6.08 Å². The van der Waals surface area contributed by atoms with Gasteiger partial charge in [-0.1, -0.05) is 0 Å². The van der Waals surface area contributed by atoms with Crippen molar-refractivity contribution < 1.29 is 27.5 Å². The van der Waals surface area contributed by atoms with Crippen LogP contribution in [0.25, 0.3) is 0 Å². The third-order valence-corrected chi connectivity index (χ3v) is 1.63. The van der Waals surface area contributed by atoms with Crippen LogP contribution in [0.15, 0.2) is 23.2 Å². The van der Waals surface area contributed by atoms with E-state index in [0.717, 1.165) is 24.3 Å². The summed E-state index contributed by atoms with van der Waals surface area (Å²) < 4.78 is 39.3. The van der Waals surface area contributed by atoms with Crippen molar-refractivity contribution >= 4 is 17.7 Å². The van der Waals surface area contributed by atoms with Crippen LogP contribution in [0.1, 0.15) is 10.4 Å². The molecule has 0 aliphatic carbocycles. The average Bonchev–Trinajstić information content (AvgIpc) is 2.15. The highest BCUT2D eigenvalue weighted by Crippen LogP contribution is 2.28. The van der Waals surface area contributed by atoms with Crippen molar-refractivity contribution in [3.63, 3.8) is 0 Å². The molecule has 0 radical (unpaired) electrons. The normalized spacial score (nSPS) is 10.5. The molecule has 0 aromatic heterocycles. The average molecular weight is 246 g/mol. The fraction of sp³-hybridized carbons (Fsp3) is 0.111. The number of amides is 1. The first-order valence-electron chi connectivity index (χ1n) is 4.11. The van der Waals surface area contributed by atoms with Crippen LogP contribution in [0, 0.1) is 0 Å².